The van der Waals surface area contributed by atoms with Crippen LogP contribution in [0.1, 0.15) is 6.92 Å². The van der Waals surface area contributed by atoms with Crippen LogP contribution in [0.4, 0.5) is 0 Å². The van der Waals surface area contributed by atoms with E-state index in [1.165, 1.54) is 0 Å². The summed E-state index contributed by atoms with van der Waals surface area (Å²) in [6, 6.07) is 0. The molecule has 0 bridgehead atoms. The second-order valence-electron chi connectivity index (χ2n) is 4.82. The Bertz CT molecular complexity index is 143. The first-order valence-corrected chi connectivity index (χ1v) is 15.9. The lowest BCUT2D eigenvalue weighted by Crippen LogP contribution is -2.64. The monoisotopic (exact) mass is 220 g/mol. The zero-order valence-electron chi connectivity index (χ0n) is 9.69. The van der Waals surface area contributed by atoms with E-state index in [1.807, 2.05) is 0 Å². The molecule has 0 fully saturated rings. The summed E-state index contributed by atoms with van der Waals surface area (Å²) in [5.74, 6) is 0. The molecule has 0 heterocycles. The van der Waals surface area contributed by atoms with Gasteiger partial charge in [0.25, 0.3) is 0 Å². The van der Waals surface area contributed by atoms with E-state index in [9.17, 15) is 0 Å². The molecule has 0 saturated carbocycles. The summed E-state index contributed by atoms with van der Waals surface area (Å²) in [5, 5.41) is 0. The second kappa shape index (κ2) is 4.21. The van der Waals surface area contributed by atoms with Crippen molar-refractivity contribution in [3.63, 3.8) is 0 Å². The lowest BCUT2D eigenvalue weighted by Gasteiger charge is -2.40. The highest BCUT2D eigenvalue weighted by molar-refractivity contribution is 7.62. The van der Waals surface area contributed by atoms with E-state index in [4.69, 9.17) is 4.43 Å². The van der Waals surface area contributed by atoms with Gasteiger partial charge in [-0.05, 0) is 20.0 Å². The fraction of sp³-hybridized carbons (Fsp3) is 1.00. The number of rotatable bonds is 4. The summed E-state index contributed by atoms with van der Waals surface area (Å²) in [5.41, 5.74) is 0. The van der Waals surface area contributed by atoms with Gasteiger partial charge < -0.3 is 4.43 Å². The zero-order valence-corrected chi connectivity index (χ0v) is 12.8. The summed E-state index contributed by atoms with van der Waals surface area (Å²) in [4.78, 5) is 0. The van der Waals surface area contributed by atoms with Gasteiger partial charge in [-0.2, -0.15) is 0 Å². The van der Waals surface area contributed by atoms with Crippen LogP contribution in [-0.4, -0.2) is 29.9 Å². The summed E-state index contributed by atoms with van der Waals surface area (Å²) in [7, 11) is -2.73. The SMILES string of the molecule is CCO[Si](C)(C)[Si](C)(C)[SiH](C)C. The molecular formula is C8H24OSi3. The fourth-order valence-corrected chi connectivity index (χ4v) is 22.7. The first-order chi connectivity index (χ1) is 5.25. The molecule has 1 nitrogen and oxygen atoms in total. The van der Waals surface area contributed by atoms with Crippen LogP contribution in [0, 0.1) is 0 Å². The van der Waals surface area contributed by atoms with Gasteiger partial charge in [0.15, 0.2) is 7.83 Å². The average Bonchev–Trinajstić information content (AvgIpc) is 1.86. The van der Waals surface area contributed by atoms with E-state index >= 15 is 0 Å². The normalized spacial score (nSPS) is 14.0. The molecule has 0 aromatic carbocycles. The lowest BCUT2D eigenvalue weighted by atomic mass is 10.9. The van der Waals surface area contributed by atoms with Crippen molar-refractivity contribution in [1.29, 1.82) is 0 Å². The van der Waals surface area contributed by atoms with Gasteiger partial charge in [0.05, 0.1) is 7.11 Å². The predicted octanol–water partition coefficient (Wildman–Crippen LogP) is 2.58. The van der Waals surface area contributed by atoms with Gasteiger partial charge in [-0.1, -0.05) is 26.2 Å². The van der Waals surface area contributed by atoms with E-state index in [1.54, 1.807) is 0 Å². The molecule has 0 unspecified atom stereocenters. The first-order valence-electron chi connectivity index (χ1n) is 4.89. The Morgan fingerprint density at radius 2 is 1.50 bits per heavy atom. The highest BCUT2D eigenvalue weighted by Crippen LogP contribution is 2.22. The molecule has 0 aliphatic carbocycles. The third-order valence-corrected chi connectivity index (χ3v) is 40.4. The maximum atomic E-state index is 5.99. The van der Waals surface area contributed by atoms with Gasteiger partial charge in [-0.25, -0.2) is 0 Å². The van der Waals surface area contributed by atoms with Gasteiger partial charge in [-0.3, -0.25) is 0 Å². The van der Waals surface area contributed by atoms with Crippen LogP contribution in [0.15, 0.2) is 0 Å². The average molecular weight is 221 g/mol. The number of hydrogen-bond donors (Lipinski definition) is 0. The molecule has 0 aromatic rings. The van der Waals surface area contributed by atoms with Crippen molar-refractivity contribution in [1.82, 2.24) is 0 Å². The number of hydrogen-bond acceptors (Lipinski definition) is 1. The van der Waals surface area contributed by atoms with Crippen molar-refractivity contribution >= 4 is 23.3 Å². The van der Waals surface area contributed by atoms with Crippen LogP contribution >= 0.6 is 0 Å². The van der Waals surface area contributed by atoms with Gasteiger partial charge >= 0.3 is 0 Å². The van der Waals surface area contributed by atoms with Crippen molar-refractivity contribution in [2.45, 2.75) is 46.2 Å². The largest absolute Gasteiger partial charge is 0.421 e. The molecule has 0 spiro atoms. The summed E-state index contributed by atoms with van der Waals surface area (Å²) in [6.45, 7) is 17.9. The highest BCUT2D eigenvalue weighted by Gasteiger charge is 2.44. The highest BCUT2D eigenvalue weighted by atomic mass is 29.6. The minimum Gasteiger partial charge on any atom is -0.421 e. The quantitative estimate of drug-likeness (QED) is 0.662. The van der Waals surface area contributed by atoms with Crippen LogP contribution in [0.2, 0.25) is 39.3 Å². The Labute approximate surface area is 80.8 Å². The second-order valence-corrected chi connectivity index (χ2v) is 30.9. The molecule has 0 radical (unpaired) electrons. The van der Waals surface area contributed by atoms with Crippen LogP contribution in [0.5, 0.6) is 0 Å². The molecule has 0 saturated heterocycles. The Morgan fingerprint density at radius 3 is 1.75 bits per heavy atom. The maximum Gasteiger partial charge on any atom is 0.170 e. The molecule has 74 valence electrons. The van der Waals surface area contributed by atoms with E-state index in [0.29, 0.717) is 0 Å². The van der Waals surface area contributed by atoms with Crippen LogP contribution in [-0.2, 0) is 4.43 Å². The van der Waals surface area contributed by atoms with Crippen LogP contribution < -0.4 is 0 Å². The van der Waals surface area contributed by atoms with E-state index in [2.05, 4.69) is 46.2 Å². The van der Waals surface area contributed by atoms with E-state index in [0.717, 1.165) is 6.61 Å². The summed E-state index contributed by atoms with van der Waals surface area (Å²) >= 11 is 0. The lowest BCUT2D eigenvalue weighted by molar-refractivity contribution is 0.342. The van der Waals surface area contributed by atoms with Gasteiger partial charge in [-0.15, -0.1) is 0 Å². The Kier molecular flexibility index (Phi) is 4.43. The molecular weight excluding hydrogens is 196 g/mol. The van der Waals surface area contributed by atoms with E-state index in [-0.39, 0.29) is 0 Å². The molecule has 12 heavy (non-hydrogen) atoms. The molecule has 4 heteroatoms. The predicted molar refractivity (Wildman–Crippen MR) is 65.5 cm³/mol. The zero-order chi connectivity index (χ0) is 9.99. The molecule has 0 amide bonds. The topological polar surface area (TPSA) is 9.23 Å². The Morgan fingerprint density at radius 1 is 1.08 bits per heavy atom. The van der Waals surface area contributed by atoms with Crippen molar-refractivity contribution < 1.29 is 4.43 Å². The molecule has 0 aliphatic heterocycles. The van der Waals surface area contributed by atoms with Crippen molar-refractivity contribution in [3.05, 3.63) is 0 Å². The maximum absolute atomic E-state index is 5.99. The van der Waals surface area contributed by atoms with Crippen LogP contribution in [0.3, 0.4) is 0 Å². The molecule has 0 aliphatic rings. The van der Waals surface area contributed by atoms with Crippen molar-refractivity contribution in [2.24, 2.45) is 0 Å². The Hall–Kier alpha value is 0.611. The van der Waals surface area contributed by atoms with Gasteiger partial charge in [0.2, 0.25) is 0 Å². The first kappa shape index (κ1) is 12.6. The van der Waals surface area contributed by atoms with E-state index < -0.39 is 23.3 Å². The van der Waals surface area contributed by atoms with Crippen molar-refractivity contribution in [3.8, 4) is 0 Å². The fourth-order valence-electron chi connectivity index (χ4n) is 1.24. The van der Waals surface area contributed by atoms with Gasteiger partial charge in [0.1, 0.15) is 0 Å². The molecule has 0 rings (SSSR count). The molecule has 0 aromatic heterocycles. The molecule has 0 N–H and O–H groups in total. The molecule has 0 atom stereocenters. The third kappa shape index (κ3) is 2.55. The Balaban J connectivity index is 4.50. The van der Waals surface area contributed by atoms with Crippen molar-refractivity contribution in [2.75, 3.05) is 6.61 Å². The van der Waals surface area contributed by atoms with Gasteiger partial charge in [0, 0.05) is 14.9 Å². The smallest absolute Gasteiger partial charge is 0.170 e. The minimum absolute atomic E-state index is 0.461. The minimum atomic E-state index is -1.29. The third-order valence-electron chi connectivity index (χ3n) is 3.50. The summed E-state index contributed by atoms with van der Waals surface area (Å²) < 4.78 is 5.99. The van der Waals surface area contributed by atoms with Crippen LogP contribution in [0.25, 0.3) is 0 Å². The summed E-state index contributed by atoms with van der Waals surface area (Å²) in [6.07, 6.45) is 0. The standard InChI is InChI=1S/C8H24OSi3/c1-8-9-11(4,5)12(6,7)10(2)3/h10H,8H2,1-7H3.